The summed E-state index contributed by atoms with van der Waals surface area (Å²) < 4.78 is 0. The third-order valence-corrected chi connectivity index (χ3v) is 3.13. The largest absolute Gasteiger partial charge is 0.481 e. The van der Waals surface area contributed by atoms with Gasteiger partial charge in [0, 0.05) is 11.1 Å². The van der Waals surface area contributed by atoms with E-state index in [2.05, 4.69) is 13.2 Å². The predicted octanol–water partition coefficient (Wildman–Crippen LogP) is 2.26. The number of carboxylic acids is 4. The third-order valence-electron chi connectivity index (χ3n) is 3.13. The monoisotopic (exact) mass is 344 g/mol. The number of carboxylic acid groups (broad SMARTS) is 4. The van der Waals surface area contributed by atoms with Crippen LogP contribution in [-0.2, 0) is 19.2 Å². The van der Waals surface area contributed by atoms with Crippen molar-refractivity contribution in [3.05, 3.63) is 24.3 Å². The quantitative estimate of drug-likeness (QED) is 0.567. The molecular formula is C16H24O8. The molecular weight excluding hydrogens is 320 g/mol. The molecule has 0 bridgehead atoms. The van der Waals surface area contributed by atoms with Crippen molar-refractivity contribution < 1.29 is 39.6 Å². The zero-order valence-corrected chi connectivity index (χ0v) is 13.8. The Morgan fingerprint density at radius 1 is 0.708 bits per heavy atom. The molecule has 1 saturated carbocycles. The molecule has 0 aliphatic heterocycles. The fraction of sp³-hybridized carbons (Fsp3) is 0.500. The van der Waals surface area contributed by atoms with E-state index in [4.69, 9.17) is 20.4 Å². The summed E-state index contributed by atoms with van der Waals surface area (Å²) in [5.74, 6) is -5.15. The minimum Gasteiger partial charge on any atom is -0.481 e. The molecule has 0 spiro atoms. The van der Waals surface area contributed by atoms with Gasteiger partial charge in [0.25, 0.3) is 0 Å². The van der Waals surface area contributed by atoms with E-state index >= 15 is 0 Å². The van der Waals surface area contributed by atoms with E-state index in [0.29, 0.717) is 12.8 Å². The van der Waals surface area contributed by atoms with Crippen LogP contribution in [0.1, 0.15) is 39.5 Å². The Kier molecular flexibility index (Phi) is 11.7. The number of rotatable bonds is 4. The van der Waals surface area contributed by atoms with Crippen LogP contribution in [0.25, 0.3) is 0 Å². The van der Waals surface area contributed by atoms with Gasteiger partial charge in [0.15, 0.2) is 0 Å². The average molecular weight is 344 g/mol. The number of hydrogen-bond donors (Lipinski definition) is 4. The first-order chi connectivity index (χ1) is 10.9. The van der Waals surface area contributed by atoms with Gasteiger partial charge in [-0.05, 0) is 26.7 Å². The summed E-state index contributed by atoms with van der Waals surface area (Å²) in [4.78, 5) is 40.4. The van der Waals surface area contributed by atoms with E-state index in [0.717, 1.165) is 12.8 Å². The van der Waals surface area contributed by atoms with Crippen LogP contribution < -0.4 is 0 Å². The molecule has 8 nitrogen and oxygen atoms in total. The lowest BCUT2D eigenvalue weighted by atomic mass is 9.79. The minimum atomic E-state index is -0.970. The lowest BCUT2D eigenvalue weighted by Crippen LogP contribution is -2.32. The second-order valence-electron chi connectivity index (χ2n) is 5.34. The maximum atomic E-state index is 10.6. The second-order valence-corrected chi connectivity index (χ2v) is 5.34. The summed E-state index contributed by atoms with van der Waals surface area (Å²) in [6.07, 6.45) is 2.68. The summed E-state index contributed by atoms with van der Waals surface area (Å²) in [6, 6.07) is 0. The highest BCUT2D eigenvalue weighted by Gasteiger charge is 2.35. The Balaban J connectivity index is 0. The highest BCUT2D eigenvalue weighted by Crippen LogP contribution is 2.30. The van der Waals surface area contributed by atoms with E-state index in [-0.39, 0.29) is 11.1 Å². The molecule has 4 N–H and O–H groups in total. The molecule has 24 heavy (non-hydrogen) atoms. The second kappa shape index (κ2) is 11.9. The van der Waals surface area contributed by atoms with Gasteiger partial charge in [0.1, 0.15) is 0 Å². The summed E-state index contributed by atoms with van der Waals surface area (Å²) in [7, 11) is 0. The van der Waals surface area contributed by atoms with Gasteiger partial charge in [-0.25, -0.2) is 9.59 Å². The lowest BCUT2D eigenvalue weighted by molar-refractivity contribution is -0.155. The van der Waals surface area contributed by atoms with Gasteiger partial charge < -0.3 is 20.4 Å². The lowest BCUT2D eigenvalue weighted by Gasteiger charge is -2.24. The van der Waals surface area contributed by atoms with Gasteiger partial charge in [-0.15, -0.1) is 0 Å². The van der Waals surface area contributed by atoms with Crippen molar-refractivity contribution in [3.63, 3.8) is 0 Å². The molecule has 8 heteroatoms. The first kappa shape index (κ1) is 23.6. The first-order valence-corrected chi connectivity index (χ1v) is 7.15. The van der Waals surface area contributed by atoms with Gasteiger partial charge >= 0.3 is 23.9 Å². The molecule has 0 amide bonds. The summed E-state index contributed by atoms with van der Waals surface area (Å²) >= 11 is 0. The van der Waals surface area contributed by atoms with Gasteiger partial charge in [0.05, 0.1) is 11.8 Å². The van der Waals surface area contributed by atoms with Crippen LogP contribution in [-0.4, -0.2) is 44.3 Å². The Labute approximate surface area is 140 Å². The van der Waals surface area contributed by atoms with Crippen molar-refractivity contribution in [3.8, 4) is 0 Å². The van der Waals surface area contributed by atoms with E-state index in [1.54, 1.807) is 0 Å². The molecule has 0 aromatic rings. The van der Waals surface area contributed by atoms with E-state index in [9.17, 15) is 19.2 Å². The van der Waals surface area contributed by atoms with Crippen molar-refractivity contribution >= 4 is 23.9 Å². The van der Waals surface area contributed by atoms with Crippen LogP contribution in [0.15, 0.2) is 24.3 Å². The van der Waals surface area contributed by atoms with Crippen LogP contribution in [0, 0.1) is 11.8 Å². The highest BCUT2D eigenvalue weighted by atomic mass is 16.4. The molecule has 2 atom stereocenters. The van der Waals surface area contributed by atoms with Crippen LogP contribution in [0.4, 0.5) is 0 Å². The smallest absolute Gasteiger partial charge is 0.330 e. The van der Waals surface area contributed by atoms with Crippen LogP contribution in [0.3, 0.4) is 0 Å². The average Bonchev–Trinajstić information content (AvgIpc) is 2.48. The van der Waals surface area contributed by atoms with Gasteiger partial charge in [-0.3, -0.25) is 9.59 Å². The Morgan fingerprint density at radius 2 is 0.917 bits per heavy atom. The van der Waals surface area contributed by atoms with E-state index in [1.807, 2.05) is 0 Å². The first-order valence-electron chi connectivity index (χ1n) is 7.15. The maximum absolute atomic E-state index is 10.6. The summed E-state index contributed by atoms with van der Waals surface area (Å²) in [5, 5.41) is 33.2. The van der Waals surface area contributed by atoms with Crippen molar-refractivity contribution in [1.82, 2.24) is 0 Å². The Hall–Kier alpha value is -2.64. The fourth-order valence-electron chi connectivity index (χ4n) is 1.72. The summed E-state index contributed by atoms with van der Waals surface area (Å²) in [5.41, 5.74) is 0.352. The van der Waals surface area contributed by atoms with Crippen LogP contribution in [0.2, 0.25) is 0 Å². The topological polar surface area (TPSA) is 149 Å². The molecule has 1 rings (SSSR count). The number of hydrogen-bond acceptors (Lipinski definition) is 4. The van der Waals surface area contributed by atoms with E-state index in [1.165, 1.54) is 13.8 Å². The number of aliphatic carboxylic acids is 4. The fourth-order valence-corrected chi connectivity index (χ4v) is 1.72. The Morgan fingerprint density at radius 3 is 1.04 bits per heavy atom. The molecule has 1 aliphatic carbocycles. The van der Waals surface area contributed by atoms with Crippen molar-refractivity contribution in [2.24, 2.45) is 11.8 Å². The van der Waals surface area contributed by atoms with Crippen LogP contribution in [0.5, 0.6) is 0 Å². The molecule has 0 aromatic carbocycles. The third kappa shape index (κ3) is 11.0. The van der Waals surface area contributed by atoms with Gasteiger partial charge in [-0.2, -0.15) is 0 Å². The molecule has 0 aromatic heterocycles. The zero-order valence-electron chi connectivity index (χ0n) is 13.8. The normalized spacial score (nSPS) is 18.6. The van der Waals surface area contributed by atoms with E-state index < -0.39 is 35.7 Å². The van der Waals surface area contributed by atoms with Crippen molar-refractivity contribution in [2.75, 3.05) is 0 Å². The SMILES string of the molecule is C=C(C)C(=O)O.C=C(C)C(=O)O.O=C(O)C1CCCCC1C(=O)O. The summed E-state index contributed by atoms with van der Waals surface area (Å²) in [6.45, 7) is 9.20. The standard InChI is InChI=1S/C8H12O4.2C4H6O2/c9-7(10)5-3-1-2-4-6(5)8(11)12;2*1-3(2)4(5)6/h5-6H,1-4H2,(H,9,10)(H,11,12);2*1H2,2H3,(H,5,6). The predicted molar refractivity (Wildman–Crippen MR) is 85.6 cm³/mol. The minimum absolute atomic E-state index is 0.176. The van der Waals surface area contributed by atoms with Crippen molar-refractivity contribution in [1.29, 1.82) is 0 Å². The zero-order chi connectivity index (χ0) is 19.4. The molecule has 2 unspecified atom stereocenters. The Bertz CT molecular complexity index is 436. The molecule has 136 valence electrons. The maximum Gasteiger partial charge on any atom is 0.330 e. The van der Waals surface area contributed by atoms with Crippen molar-refractivity contribution in [2.45, 2.75) is 39.5 Å². The molecule has 0 radical (unpaired) electrons. The van der Waals surface area contributed by atoms with Gasteiger partial charge in [0.2, 0.25) is 0 Å². The highest BCUT2D eigenvalue weighted by molar-refractivity contribution is 5.85. The van der Waals surface area contributed by atoms with Crippen LogP contribution >= 0.6 is 0 Å². The van der Waals surface area contributed by atoms with Gasteiger partial charge in [-0.1, -0.05) is 26.0 Å². The molecule has 0 saturated heterocycles. The number of carbonyl (C=O) groups is 4. The molecule has 1 fully saturated rings. The molecule has 0 heterocycles. The molecule has 1 aliphatic rings.